The lowest BCUT2D eigenvalue weighted by Crippen LogP contribution is -2.05. The summed E-state index contributed by atoms with van der Waals surface area (Å²) in [4.78, 5) is 0. The van der Waals surface area contributed by atoms with Crippen molar-refractivity contribution in [1.29, 1.82) is 0 Å². The number of aromatic nitrogens is 2. The summed E-state index contributed by atoms with van der Waals surface area (Å²) in [6, 6.07) is 2.24. The molecule has 0 aliphatic carbocycles. The van der Waals surface area contributed by atoms with E-state index in [0.29, 0.717) is 18.1 Å². The molecule has 0 aliphatic heterocycles. The Morgan fingerprint density at radius 3 is 2.58 bits per heavy atom. The zero-order chi connectivity index (χ0) is 14.2. The van der Waals surface area contributed by atoms with Crippen LogP contribution in [0.3, 0.4) is 0 Å². The summed E-state index contributed by atoms with van der Waals surface area (Å²) in [5.74, 6) is -0.597. The van der Waals surface area contributed by atoms with Gasteiger partial charge < -0.3 is 5.73 Å². The van der Waals surface area contributed by atoms with Crippen LogP contribution in [0.2, 0.25) is 0 Å². The maximum absolute atomic E-state index is 13.7. The predicted octanol–water partition coefficient (Wildman–Crippen LogP) is 3.38. The molecule has 7 heteroatoms. The van der Waals surface area contributed by atoms with Gasteiger partial charge in [0.1, 0.15) is 11.6 Å². The SMILES string of the molecule is CCc1c(N)n[nH]c1-c1cc(C(F)(F)F)ccc1F. The molecule has 0 unspecified atom stereocenters. The number of nitrogens with zero attached hydrogens (tertiary/aromatic N) is 1. The fourth-order valence-electron chi connectivity index (χ4n) is 1.85. The molecule has 0 radical (unpaired) electrons. The first-order valence-corrected chi connectivity index (χ1v) is 5.54. The Balaban J connectivity index is 2.61. The third-order valence-corrected chi connectivity index (χ3v) is 2.82. The summed E-state index contributed by atoms with van der Waals surface area (Å²) in [5, 5.41) is 6.18. The summed E-state index contributed by atoms with van der Waals surface area (Å²) < 4.78 is 51.6. The van der Waals surface area contributed by atoms with E-state index in [-0.39, 0.29) is 17.1 Å². The average Bonchev–Trinajstić information content (AvgIpc) is 2.69. The lowest BCUT2D eigenvalue weighted by Gasteiger charge is -2.09. The van der Waals surface area contributed by atoms with Crippen LogP contribution in [-0.2, 0) is 12.6 Å². The maximum atomic E-state index is 13.7. The zero-order valence-corrected chi connectivity index (χ0v) is 9.98. The number of nitrogen functional groups attached to an aromatic ring is 1. The van der Waals surface area contributed by atoms with Crippen molar-refractivity contribution in [2.75, 3.05) is 5.73 Å². The zero-order valence-electron chi connectivity index (χ0n) is 9.98. The molecule has 2 aromatic rings. The van der Waals surface area contributed by atoms with Gasteiger partial charge in [-0.15, -0.1) is 0 Å². The molecule has 0 bridgehead atoms. The molecule has 2 rings (SSSR count). The molecule has 0 saturated heterocycles. The lowest BCUT2D eigenvalue weighted by atomic mass is 10.0. The highest BCUT2D eigenvalue weighted by molar-refractivity contribution is 5.69. The first-order valence-electron chi connectivity index (χ1n) is 5.54. The van der Waals surface area contributed by atoms with E-state index >= 15 is 0 Å². The van der Waals surface area contributed by atoms with E-state index < -0.39 is 17.6 Å². The Hall–Kier alpha value is -2.05. The fourth-order valence-corrected chi connectivity index (χ4v) is 1.85. The van der Waals surface area contributed by atoms with Crippen molar-refractivity contribution in [2.45, 2.75) is 19.5 Å². The Morgan fingerprint density at radius 2 is 2.00 bits per heavy atom. The Kier molecular flexibility index (Phi) is 3.21. The molecule has 1 aromatic carbocycles. The van der Waals surface area contributed by atoms with Gasteiger partial charge in [0.05, 0.1) is 11.3 Å². The van der Waals surface area contributed by atoms with E-state index in [4.69, 9.17) is 5.73 Å². The van der Waals surface area contributed by atoms with Crippen LogP contribution in [0, 0.1) is 5.82 Å². The lowest BCUT2D eigenvalue weighted by molar-refractivity contribution is -0.137. The predicted molar refractivity (Wildman–Crippen MR) is 62.8 cm³/mol. The van der Waals surface area contributed by atoms with Gasteiger partial charge in [0.2, 0.25) is 0 Å². The topological polar surface area (TPSA) is 54.7 Å². The van der Waals surface area contributed by atoms with Crippen molar-refractivity contribution in [3.05, 3.63) is 35.1 Å². The van der Waals surface area contributed by atoms with Crippen LogP contribution in [0.25, 0.3) is 11.3 Å². The molecule has 0 spiro atoms. The number of hydrogen-bond donors (Lipinski definition) is 2. The van der Waals surface area contributed by atoms with Gasteiger partial charge >= 0.3 is 6.18 Å². The summed E-state index contributed by atoms with van der Waals surface area (Å²) >= 11 is 0. The second kappa shape index (κ2) is 4.56. The van der Waals surface area contributed by atoms with Gasteiger partial charge in [-0.1, -0.05) is 6.92 Å². The van der Waals surface area contributed by atoms with Crippen LogP contribution in [0.1, 0.15) is 18.1 Å². The van der Waals surface area contributed by atoms with Gasteiger partial charge in [0.15, 0.2) is 0 Å². The van der Waals surface area contributed by atoms with Crippen molar-refractivity contribution in [2.24, 2.45) is 0 Å². The standard InChI is InChI=1S/C12H11F4N3/c1-2-7-10(18-19-11(7)17)8-5-6(12(14,15)16)3-4-9(8)13/h3-5H,2H2,1H3,(H3,17,18,19). The number of H-pyrrole nitrogens is 1. The summed E-state index contributed by atoms with van der Waals surface area (Å²) in [6.45, 7) is 1.76. The third-order valence-electron chi connectivity index (χ3n) is 2.82. The molecule has 0 atom stereocenters. The molecular formula is C12H11F4N3. The van der Waals surface area contributed by atoms with E-state index in [1.807, 2.05) is 0 Å². The van der Waals surface area contributed by atoms with E-state index in [2.05, 4.69) is 10.2 Å². The summed E-state index contributed by atoms with van der Waals surface area (Å²) in [6.07, 6.45) is -4.09. The number of aromatic amines is 1. The minimum absolute atomic E-state index is 0.161. The van der Waals surface area contributed by atoms with E-state index in [1.165, 1.54) is 0 Å². The van der Waals surface area contributed by atoms with Crippen molar-refractivity contribution in [1.82, 2.24) is 10.2 Å². The number of nitrogens with two attached hydrogens (primary N) is 1. The van der Waals surface area contributed by atoms with Crippen molar-refractivity contribution >= 4 is 5.82 Å². The number of nitrogens with one attached hydrogen (secondary N) is 1. The van der Waals surface area contributed by atoms with Crippen LogP contribution >= 0.6 is 0 Å². The largest absolute Gasteiger partial charge is 0.416 e. The van der Waals surface area contributed by atoms with Gasteiger partial charge in [-0.2, -0.15) is 18.3 Å². The normalized spacial score (nSPS) is 11.8. The molecule has 3 nitrogen and oxygen atoms in total. The first kappa shape index (κ1) is 13.4. The average molecular weight is 273 g/mol. The minimum atomic E-state index is -4.53. The van der Waals surface area contributed by atoms with Crippen LogP contribution in [0.15, 0.2) is 18.2 Å². The van der Waals surface area contributed by atoms with E-state index in [0.717, 1.165) is 12.1 Å². The highest BCUT2D eigenvalue weighted by Crippen LogP contribution is 2.34. The van der Waals surface area contributed by atoms with Crippen molar-refractivity contribution in [3.63, 3.8) is 0 Å². The van der Waals surface area contributed by atoms with Gasteiger partial charge in [0.25, 0.3) is 0 Å². The first-order chi connectivity index (χ1) is 8.84. The van der Waals surface area contributed by atoms with Crippen LogP contribution in [-0.4, -0.2) is 10.2 Å². The van der Waals surface area contributed by atoms with Gasteiger partial charge in [-0.25, -0.2) is 4.39 Å². The van der Waals surface area contributed by atoms with Crippen LogP contribution in [0.4, 0.5) is 23.4 Å². The molecule has 19 heavy (non-hydrogen) atoms. The number of hydrogen-bond acceptors (Lipinski definition) is 2. The molecule has 1 heterocycles. The third kappa shape index (κ3) is 2.40. The molecular weight excluding hydrogens is 262 g/mol. The fraction of sp³-hybridized carbons (Fsp3) is 0.250. The molecule has 0 saturated carbocycles. The number of halogens is 4. The molecule has 1 aromatic heterocycles. The van der Waals surface area contributed by atoms with Gasteiger partial charge in [-0.3, -0.25) is 5.10 Å². The van der Waals surface area contributed by atoms with Crippen molar-refractivity contribution in [3.8, 4) is 11.3 Å². The number of rotatable bonds is 2. The summed E-state index contributed by atoms with van der Waals surface area (Å²) in [5.41, 5.74) is 5.16. The maximum Gasteiger partial charge on any atom is 0.416 e. The smallest absolute Gasteiger partial charge is 0.382 e. The Bertz CT molecular complexity index is 602. The minimum Gasteiger partial charge on any atom is -0.382 e. The second-order valence-corrected chi connectivity index (χ2v) is 4.01. The highest BCUT2D eigenvalue weighted by atomic mass is 19.4. The highest BCUT2D eigenvalue weighted by Gasteiger charge is 2.31. The molecule has 0 fully saturated rings. The quantitative estimate of drug-likeness (QED) is 0.824. The summed E-state index contributed by atoms with van der Waals surface area (Å²) in [7, 11) is 0. The van der Waals surface area contributed by atoms with Gasteiger partial charge in [-0.05, 0) is 24.6 Å². The Labute approximate surface area is 106 Å². The van der Waals surface area contributed by atoms with Crippen LogP contribution < -0.4 is 5.73 Å². The second-order valence-electron chi connectivity index (χ2n) is 4.01. The molecule has 0 amide bonds. The molecule has 3 N–H and O–H groups in total. The number of alkyl halides is 3. The molecule has 0 aliphatic rings. The number of benzene rings is 1. The number of anilines is 1. The van der Waals surface area contributed by atoms with E-state index in [1.54, 1.807) is 6.92 Å². The van der Waals surface area contributed by atoms with Crippen LogP contribution in [0.5, 0.6) is 0 Å². The Morgan fingerprint density at radius 1 is 1.32 bits per heavy atom. The van der Waals surface area contributed by atoms with Crippen molar-refractivity contribution < 1.29 is 17.6 Å². The monoisotopic (exact) mass is 273 g/mol. The van der Waals surface area contributed by atoms with E-state index in [9.17, 15) is 17.6 Å². The van der Waals surface area contributed by atoms with Gasteiger partial charge in [0, 0.05) is 11.1 Å². The molecule has 102 valence electrons.